The highest BCUT2D eigenvalue weighted by Gasteiger charge is 2.16. The van der Waals surface area contributed by atoms with Crippen LogP contribution in [0.15, 0.2) is 17.0 Å². The van der Waals surface area contributed by atoms with Crippen LogP contribution in [-0.4, -0.2) is 27.5 Å². The second-order valence-electron chi connectivity index (χ2n) is 4.02. The van der Waals surface area contributed by atoms with E-state index >= 15 is 0 Å². The monoisotopic (exact) mass is 237 g/mol. The van der Waals surface area contributed by atoms with E-state index in [9.17, 15) is 0 Å². The second kappa shape index (κ2) is 5.02. The zero-order chi connectivity index (χ0) is 12.3. The molecular formula is C11H16BNO2S. The maximum Gasteiger partial charge on any atom is 0.132 e. The minimum absolute atomic E-state index is 0.501. The van der Waals surface area contributed by atoms with Crippen LogP contribution in [0.4, 0.5) is 0 Å². The van der Waals surface area contributed by atoms with Crippen molar-refractivity contribution in [2.45, 2.75) is 23.7 Å². The maximum atomic E-state index is 5.78. The summed E-state index contributed by atoms with van der Waals surface area (Å²) in [7, 11) is 8.98. The summed E-state index contributed by atoms with van der Waals surface area (Å²) in [5.41, 5.74) is 5.91. The molecular weight excluding hydrogens is 221 g/mol. The van der Waals surface area contributed by atoms with Gasteiger partial charge in [0.1, 0.15) is 11.5 Å². The van der Waals surface area contributed by atoms with Gasteiger partial charge in [-0.25, -0.2) is 0 Å². The summed E-state index contributed by atoms with van der Waals surface area (Å²) in [4.78, 5) is 0.721. The Morgan fingerprint density at radius 2 is 1.88 bits per heavy atom. The summed E-state index contributed by atoms with van der Waals surface area (Å²) >= 11 is 4.29. The van der Waals surface area contributed by atoms with Crippen LogP contribution in [0.25, 0.3) is 0 Å². The molecule has 0 bridgehead atoms. The van der Waals surface area contributed by atoms with Gasteiger partial charge in [-0.2, -0.15) is 0 Å². The largest absolute Gasteiger partial charge is 0.496 e. The highest BCUT2D eigenvalue weighted by Crippen LogP contribution is 2.32. The van der Waals surface area contributed by atoms with Crippen LogP contribution in [0.1, 0.15) is 12.5 Å². The fourth-order valence-corrected chi connectivity index (χ4v) is 1.77. The quantitative estimate of drug-likeness (QED) is 0.614. The molecule has 0 fully saturated rings. The number of thiol groups is 1. The Morgan fingerprint density at radius 3 is 2.31 bits per heavy atom. The van der Waals surface area contributed by atoms with Gasteiger partial charge in [-0.1, -0.05) is 6.92 Å². The molecule has 1 atom stereocenters. The van der Waals surface area contributed by atoms with Gasteiger partial charge in [0.15, 0.2) is 0 Å². The van der Waals surface area contributed by atoms with Crippen molar-refractivity contribution in [2.75, 3.05) is 14.2 Å². The molecule has 0 aliphatic heterocycles. The number of rotatable bonds is 4. The van der Waals surface area contributed by atoms with Crippen molar-refractivity contribution < 1.29 is 9.47 Å². The zero-order valence-electron chi connectivity index (χ0n) is 9.78. The molecule has 1 unspecified atom stereocenters. The van der Waals surface area contributed by atoms with Gasteiger partial charge in [0.25, 0.3) is 0 Å². The Hall–Kier alpha value is -0.805. The van der Waals surface area contributed by atoms with E-state index in [4.69, 9.17) is 23.1 Å². The second-order valence-corrected chi connectivity index (χ2v) is 4.50. The molecule has 0 aromatic heterocycles. The molecule has 0 heterocycles. The number of methoxy groups -OCH3 is 2. The van der Waals surface area contributed by atoms with E-state index in [1.807, 2.05) is 6.07 Å². The smallest absolute Gasteiger partial charge is 0.132 e. The first-order valence-electron chi connectivity index (χ1n) is 4.89. The van der Waals surface area contributed by atoms with E-state index in [-0.39, 0.29) is 0 Å². The number of nitrogens with two attached hydrogens (primary N) is 1. The molecule has 0 aliphatic rings. The van der Waals surface area contributed by atoms with Crippen molar-refractivity contribution in [1.29, 1.82) is 0 Å². The third kappa shape index (κ3) is 3.35. The first-order valence-corrected chi connectivity index (χ1v) is 5.33. The Labute approximate surface area is 103 Å². The van der Waals surface area contributed by atoms with E-state index < -0.39 is 5.44 Å². The SMILES string of the molecule is [B]C(C)(N)Cc1cc(OC)c(S)cc1OC. The normalized spacial score (nSPS) is 14.3. The number of hydrogen-bond donors (Lipinski definition) is 2. The standard InChI is InChI=1S/C11H16BNO2S/c1-11(12,13)6-7-4-9(15-3)10(16)5-8(7)14-2/h4-5,16H,6,13H2,1-3H3. The van der Waals surface area contributed by atoms with E-state index in [1.165, 1.54) is 0 Å². The Bertz CT molecular complexity index is 377. The van der Waals surface area contributed by atoms with Crippen molar-refractivity contribution >= 4 is 20.5 Å². The van der Waals surface area contributed by atoms with E-state index in [1.54, 1.807) is 27.2 Å². The summed E-state index contributed by atoms with van der Waals surface area (Å²) < 4.78 is 10.4. The Balaban J connectivity index is 3.15. The van der Waals surface area contributed by atoms with Gasteiger partial charge < -0.3 is 15.2 Å². The average molecular weight is 237 g/mol. The lowest BCUT2D eigenvalue weighted by molar-refractivity contribution is 0.389. The molecule has 0 saturated heterocycles. The van der Waals surface area contributed by atoms with Crippen LogP contribution >= 0.6 is 12.6 Å². The predicted octanol–water partition coefficient (Wildman–Crippen LogP) is 1.38. The van der Waals surface area contributed by atoms with Gasteiger partial charge in [-0.15, -0.1) is 12.6 Å². The first-order chi connectivity index (χ1) is 7.37. The number of ether oxygens (including phenoxy) is 2. The lowest BCUT2D eigenvalue weighted by Gasteiger charge is -2.21. The maximum absolute atomic E-state index is 5.78. The van der Waals surface area contributed by atoms with Crippen molar-refractivity contribution in [3.8, 4) is 11.5 Å². The summed E-state index contributed by atoms with van der Waals surface area (Å²) in [6, 6.07) is 3.64. The van der Waals surface area contributed by atoms with Gasteiger partial charge in [-0.3, -0.25) is 0 Å². The minimum atomic E-state index is -0.781. The van der Waals surface area contributed by atoms with Crippen molar-refractivity contribution in [3.63, 3.8) is 0 Å². The zero-order valence-corrected chi connectivity index (χ0v) is 10.7. The fourth-order valence-electron chi connectivity index (χ4n) is 1.49. The highest BCUT2D eigenvalue weighted by atomic mass is 32.1. The lowest BCUT2D eigenvalue weighted by Crippen LogP contribution is -2.38. The molecule has 2 radical (unpaired) electrons. The molecule has 0 aliphatic carbocycles. The van der Waals surface area contributed by atoms with Gasteiger partial charge in [0.2, 0.25) is 0 Å². The van der Waals surface area contributed by atoms with Crippen molar-refractivity contribution in [3.05, 3.63) is 17.7 Å². The third-order valence-corrected chi connectivity index (χ3v) is 2.50. The van der Waals surface area contributed by atoms with E-state index in [0.29, 0.717) is 17.9 Å². The fraction of sp³-hybridized carbons (Fsp3) is 0.455. The summed E-state index contributed by atoms with van der Waals surface area (Å²) in [6.45, 7) is 1.76. The van der Waals surface area contributed by atoms with Gasteiger partial charge in [0, 0.05) is 4.90 Å². The van der Waals surface area contributed by atoms with Crippen LogP contribution in [-0.2, 0) is 6.42 Å². The average Bonchev–Trinajstić information content (AvgIpc) is 2.18. The molecule has 0 spiro atoms. The topological polar surface area (TPSA) is 44.5 Å². The first kappa shape index (κ1) is 13.3. The molecule has 1 aromatic rings. The molecule has 1 rings (SSSR count). The summed E-state index contributed by atoms with van der Waals surface area (Å²) in [5, 5.41) is 0. The number of hydrogen-bond acceptors (Lipinski definition) is 4. The predicted molar refractivity (Wildman–Crippen MR) is 68.8 cm³/mol. The minimum Gasteiger partial charge on any atom is -0.496 e. The van der Waals surface area contributed by atoms with Crippen molar-refractivity contribution in [1.82, 2.24) is 0 Å². The molecule has 2 N–H and O–H groups in total. The molecule has 1 aromatic carbocycles. The van der Waals surface area contributed by atoms with Crippen molar-refractivity contribution in [2.24, 2.45) is 5.73 Å². The van der Waals surface area contributed by atoms with Gasteiger partial charge in [-0.05, 0) is 29.6 Å². The van der Waals surface area contributed by atoms with Crippen LogP contribution < -0.4 is 15.2 Å². The molecule has 0 amide bonds. The van der Waals surface area contributed by atoms with E-state index in [2.05, 4.69) is 12.6 Å². The highest BCUT2D eigenvalue weighted by molar-refractivity contribution is 7.80. The summed E-state index contributed by atoms with van der Waals surface area (Å²) in [6.07, 6.45) is 0.501. The van der Waals surface area contributed by atoms with Crippen LogP contribution in [0, 0.1) is 0 Å². The van der Waals surface area contributed by atoms with Crippen LogP contribution in [0.5, 0.6) is 11.5 Å². The van der Waals surface area contributed by atoms with Gasteiger partial charge in [0.05, 0.1) is 22.1 Å². The van der Waals surface area contributed by atoms with Crippen LogP contribution in [0.2, 0.25) is 0 Å². The van der Waals surface area contributed by atoms with Crippen LogP contribution in [0.3, 0.4) is 0 Å². The third-order valence-electron chi connectivity index (χ3n) is 2.15. The molecule has 3 nitrogen and oxygen atoms in total. The Kier molecular flexibility index (Phi) is 4.16. The lowest BCUT2D eigenvalue weighted by atomic mass is 9.76. The molecule has 0 saturated carbocycles. The van der Waals surface area contributed by atoms with E-state index in [0.717, 1.165) is 10.5 Å². The molecule has 86 valence electrons. The molecule has 5 heteroatoms. The summed E-state index contributed by atoms with van der Waals surface area (Å²) in [5.74, 6) is 1.40. The molecule has 16 heavy (non-hydrogen) atoms. The Morgan fingerprint density at radius 1 is 1.31 bits per heavy atom. The number of benzene rings is 1. The van der Waals surface area contributed by atoms with Gasteiger partial charge >= 0.3 is 0 Å².